The van der Waals surface area contributed by atoms with Crippen molar-refractivity contribution in [1.29, 1.82) is 0 Å². The lowest BCUT2D eigenvalue weighted by Gasteiger charge is -2.36. The Kier molecular flexibility index (Phi) is 8.16. The molecule has 0 aromatic heterocycles. The van der Waals surface area contributed by atoms with Crippen molar-refractivity contribution in [2.45, 2.75) is 69.2 Å². The second-order valence-corrected chi connectivity index (χ2v) is 11.3. The molecule has 1 saturated carbocycles. The number of sulfonamides is 1. The van der Waals surface area contributed by atoms with Gasteiger partial charge in [0.2, 0.25) is 15.9 Å². The lowest BCUT2D eigenvalue weighted by Crippen LogP contribution is -2.56. The van der Waals surface area contributed by atoms with E-state index in [1.54, 1.807) is 17.0 Å². The third kappa shape index (κ3) is 6.01. The molecule has 3 N–H and O–H groups in total. The van der Waals surface area contributed by atoms with Gasteiger partial charge in [0.15, 0.2) is 0 Å². The van der Waals surface area contributed by atoms with E-state index in [0.29, 0.717) is 17.2 Å². The Balaban J connectivity index is 1.61. The van der Waals surface area contributed by atoms with Crippen LogP contribution in [0.3, 0.4) is 0 Å². The number of rotatable bonds is 7. The van der Waals surface area contributed by atoms with Gasteiger partial charge >= 0.3 is 6.03 Å². The molecule has 1 aromatic carbocycles. The number of urea groups is 1. The molecular weight excluding hydrogens is 428 g/mol. The molecule has 0 bridgehead atoms. The van der Waals surface area contributed by atoms with Crippen LogP contribution >= 0.6 is 0 Å². The van der Waals surface area contributed by atoms with Gasteiger partial charge in [0.1, 0.15) is 6.04 Å². The molecule has 2 aliphatic rings. The lowest BCUT2D eigenvalue weighted by atomic mass is 9.84. The van der Waals surface area contributed by atoms with Crippen LogP contribution in [0.5, 0.6) is 0 Å². The summed E-state index contributed by atoms with van der Waals surface area (Å²) < 4.78 is 27.7. The lowest BCUT2D eigenvalue weighted by molar-refractivity contribution is -0.134. The Morgan fingerprint density at radius 3 is 2.16 bits per heavy atom. The average molecular weight is 465 g/mol. The van der Waals surface area contributed by atoms with Crippen LogP contribution < -0.4 is 11.1 Å². The molecule has 3 rings (SSSR count). The van der Waals surface area contributed by atoms with Crippen LogP contribution in [0.2, 0.25) is 0 Å². The summed E-state index contributed by atoms with van der Waals surface area (Å²) in [5, 5.41) is 2.52. The summed E-state index contributed by atoms with van der Waals surface area (Å²) in [5.74, 6) is 0.517. The van der Waals surface area contributed by atoms with E-state index < -0.39 is 22.1 Å². The van der Waals surface area contributed by atoms with Crippen LogP contribution in [0.15, 0.2) is 29.2 Å². The highest BCUT2D eigenvalue weighted by Crippen LogP contribution is 2.33. The fourth-order valence-electron chi connectivity index (χ4n) is 4.73. The zero-order valence-corrected chi connectivity index (χ0v) is 19.9. The minimum atomic E-state index is -3.61. The fraction of sp³-hybridized carbons (Fsp3) is 0.652. The highest BCUT2D eigenvalue weighted by Gasteiger charge is 2.33. The number of nitrogens with zero attached hydrogens (tertiary/aromatic N) is 2. The van der Waals surface area contributed by atoms with Crippen LogP contribution in [0.1, 0.15) is 63.9 Å². The molecule has 1 heterocycles. The predicted molar refractivity (Wildman–Crippen MR) is 124 cm³/mol. The first kappa shape index (κ1) is 24.5. The highest BCUT2D eigenvalue weighted by molar-refractivity contribution is 7.89. The van der Waals surface area contributed by atoms with Crippen molar-refractivity contribution >= 4 is 22.0 Å². The van der Waals surface area contributed by atoms with Gasteiger partial charge in [-0.3, -0.25) is 4.79 Å². The third-order valence-corrected chi connectivity index (χ3v) is 8.38. The molecule has 32 heavy (non-hydrogen) atoms. The predicted octanol–water partition coefficient (Wildman–Crippen LogP) is 2.65. The van der Waals surface area contributed by atoms with Gasteiger partial charge in [0, 0.05) is 26.2 Å². The SMILES string of the molecule is CC(C)C[C@H](NC(N)=O)C(=O)N1CCN(S(=O)(=O)c2ccc(C3CCCCC3)cc2)CC1. The maximum atomic E-state index is 13.1. The number of amides is 3. The Labute approximate surface area is 191 Å². The van der Waals surface area contributed by atoms with Gasteiger partial charge in [0.05, 0.1) is 4.90 Å². The normalized spacial score (nSPS) is 19.7. The monoisotopic (exact) mass is 464 g/mol. The maximum absolute atomic E-state index is 13.1. The Morgan fingerprint density at radius 1 is 1.03 bits per heavy atom. The number of piperazine rings is 1. The number of hydrogen-bond acceptors (Lipinski definition) is 4. The van der Waals surface area contributed by atoms with Crippen LogP contribution in [0.4, 0.5) is 4.79 Å². The Hall–Kier alpha value is -2.13. The average Bonchev–Trinajstić information content (AvgIpc) is 2.78. The fourth-order valence-corrected chi connectivity index (χ4v) is 6.15. The zero-order valence-electron chi connectivity index (χ0n) is 19.1. The minimum Gasteiger partial charge on any atom is -0.352 e. The van der Waals surface area contributed by atoms with Crippen LogP contribution in [-0.2, 0) is 14.8 Å². The van der Waals surface area contributed by atoms with Gasteiger partial charge in [-0.2, -0.15) is 4.31 Å². The molecular formula is C23H36N4O4S. The van der Waals surface area contributed by atoms with Crippen molar-refractivity contribution in [2.75, 3.05) is 26.2 Å². The van der Waals surface area contributed by atoms with Crippen molar-refractivity contribution in [3.8, 4) is 0 Å². The van der Waals surface area contributed by atoms with E-state index in [9.17, 15) is 18.0 Å². The molecule has 178 valence electrons. The van der Waals surface area contributed by atoms with E-state index in [-0.39, 0.29) is 38.0 Å². The molecule has 1 aliphatic carbocycles. The van der Waals surface area contributed by atoms with Gasteiger partial charge in [-0.1, -0.05) is 45.2 Å². The molecule has 0 radical (unpaired) electrons. The number of nitrogens with two attached hydrogens (primary N) is 1. The second-order valence-electron chi connectivity index (χ2n) is 9.32. The van der Waals surface area contributed by atoms with E-state index in [2.05, 4.69) is 5.32 Å². The first-order valence-corrected chi connectivity index (χ1v) is 13.1. The summed E-state index contributed by atoms with van der Waals surface area (Å²) >= 11 is 0. The molecule has 1 aromatic rings. The number of primary amides is 1. The number of hydrogen-bond donors (Lipinski definition) is 2. The van der Waals surface area contributed by atoms with E-state index in [1.807, 2.05) is 26.0 Å². The van der Waals surface area contributed by atoms with E-state index in [0.717, 1.165) is 0 Å². The molecule has 3 amide bonds. The van der Waals surface area contributed by atoms with Crippen LogP contribution in [0, 0.1) is 5.92 Å². The van der Waals surface area contributed by atoms with Gasteiger partial charge in [0.25, 0.3) is 0 Å². The summed E-state index contributed by atoms with van der Waals surface area (Å²) in [6.45, 7) is 4.95. The van der Waals surface area contributed by atoms with E-state index >= 15 is 0 Å². The standard InChI is InChI=1S/C23H36N4O4S/c1-17(2)16-21(25-23(24)29)22(28)26-12-14-27(15-13-26)32(30,31)20-10-8-19(9-11-20)18-6-4-3-5-7-18/h8-11,17-18,21H,3-7,12-16H2,1-2H3,(H3,24,25,29)/t21-/m0/s1. The second kappa shape index (κ2) is 10.7. The van der Waals surface area contributed by atoms with Gasteiger partial charge in [-0.05, 0) is 48.8 Å². The number of benzene rings is 1. The summed E-state index contributed by atoms with van der Waals surface area (Å²) in [5.41, 5.74) is 6.45. The quantitative estimate of drug-likeness (QED) is 0.646. The highest BCUT2D eigenvalue weighted by atomic mass is 32.2. The van der Waals surface area contributed by atoms with Gasteiger partial charge in [-0.25, -0.2) is 13.2 Å². The van der Waals surface area contributed by atoms with Crippen molar-refractivity contribution in [2.24, 2.45) is 11.7 Å². The third-order valence-electron chi connectivity index (χ3n) is 6.47. The number of nitrogens with one attached hydrogen (secondary N) is 1. The molecule has 9 heteroatoms. The van der Waals surface area contributed by atoms with Crippen LogP contribution in [-0.4, -0.2) is 61.8 Å². The van der Waals surface area contributed by atoms with Crippen molar-refractivity contribution < 1.29 is 18.0 Å². The molecule has 1 atom stereocenters. The van der Waals surface area contributed by atoms with Gasteiger partial charge in [-0.15, -0.1) is 0 Å². The van der Waals surface area contributed by atoms with Gasteiger partial charge < -0.3 is 16.0 Å². The van der Waals surface area contributed by atoms with Crippen LogP contribution in [0.25, 0.3) is 0 Å². The summed E-state index contributed by atoms with van der Waals surface area (Å²) in [6, 6.07) is 5.91. The largest absolute Gasteiger partial charge is 0.352 e. The first-order chi connectivity index (χ1) is 15.2. The zero-order chi connectivity index (χ0) is 23.3. The molecule has 0 spiro atoms. The Bertz CT molecular complexity index is 887. The van der Waals surface area contributed by atoms with Crippen molar-refractivity contribution in [3.63, 3.8) is 0 Å². The molecule has 2 fully saturated rings. The number of carbonyl (C=O) groups excluding carboxylic acids is 2. The van der Waals surface area contributed by atoms with E-state index in [4.69, 9.17) is 5.73 Å². The first-order valence-electron chi connectivity index (χ1n) is 11.6. The van der Waals surface area contributed by atoms with E-state index in [1.165, 1.54) is 42.0 Å². The number of carbonyl (C=O) groups is 2. The summed E-state index contributed by atoms with van der Waals surface area (Å²) in [6.07, 6.45) is 6.58. The summed E-state index contributed by atoms with van der Waals surface area (Å²) in [7, 11) is -3.61. The Morgan fingerprint density at radius 2 is 1.62 bits per heavy atom. The summed E-state index contributed by atoms with van der Waals surface area (Å²) in [4.78, 5) is 26.1. The molecule has 8 nitrogen and oxygen atoms in total. The molecule has 1 aliphatic heterocycles. The smallest absolute Gasteiger partial charge is 0.312 e. The topological polar surface area (TPSA) is 113 Å². The molecule has 0 unspecified atom stereocenters. The van der Waals surface area contributed by atoms with Crippen molar-refractivity contribution in [3.05, 3.63) is 29.8 Å². The maximum Gasteiger partial charge on any atom is 0.312 e. The van der Waals surface area contributed by atoms with Crippen molar-refractivity contribution in [1.82, 2.24) is 14.5 Å². The molecule has 1 saturated heterocycles. The minimum absolute atomic E-state index is 0.203.